The van der Waals surface area contributed by atoms with Gasteiger partial charge in [-0.15, -0.1) is 23.2 Å². The molecule has 0 radical (unpaired) electrons. The first-order valence-corrected chi connectivity index (χ1v) is 5.54. The highest BCUT2D eigenvalue weighted by Gasteiger charge is 1.97. The maximum absolute atomic E-state index is 5.69. The largest absolute Gasteiger partial charge is 0.126 e. The molecule has 0 spiro atoms. The lowest BCUT2D eigenvalue weighted by Gasteiger charge is -2.04. The van der Waals surface area contributed by atoms with Gasteiger partial charge in [0.2, 0.25) is 0 Å². The average Bonchev–Trinajstić information content (AvgIpc) is 2.04. The summed E-state index contributed by atoms with van der Waals surface area (Å²) in [4.78, 5) is 0. The predicted molar refractivity (Wildman–Crippen MR) is 60.0 cm³/mol. The smallest absolute Gasteiger partial charge is 0.0263 e. The van der Waals surface area contributed by atoms with Crippen molar-refractivity contribution in [2.45, 2.75) is 19.8 Å². The molecule has 0 aliphatic rings. The maximum Gasteiger partial charge on any atom is 0.0263 e. The molecule has 0 atom stereocenters. The fourth-order valence-corrected chi connectivity index (χ4v) is 1.89. The normalized spacial score (nSPS) is 10.4. The summed E-state index contributed by atoms with van der Waals surface area (Å²) in [6.45, 7) is 2.11. The minimum atomic E-state index is 0.684. The van der Waals surface area contributed by atoms with Crippen LogP contribution in [-0.4, -0.2) is 11.8 Å². The molecule has 0 aliphatic carbocycles. The predicted octanol–water partition coefficient (Wildman–Crippen LogP) is 3.56. The summed E-state index contributed by atoms with van der Waals surface area (Å²) >= 11 is 11.4. The molecule has 13 heavy (non-hydrogen) atoms. The standard InChI is InChI=1S/C11H14Cl2/c1-9-6-10(2-4-12)8-11(7-9)3-5-13/h6-8H,2-5H2,1H3. The Balaban J connectivity index is 2.83. The summed E-state index contributed by atoms with van der Waals surface area (Å²) in [7, 11) is 0. The zero-order valence-corrected chi connectivity index (χ0v) is 9.33. The number of aryl methyl sites for hydroxylation is 3. The monoisotopic (exact) mass is 216 g/mol. The third kappa shape index (κ3) is 3.58. The summed E-state index contributed by atoms with van der Waals surface area (Å²) < 4.78 is 0. The van der Waals surface area contributed by atoms with Gasteiger partial charge in [0.05, 0.1) is 0 Å². The molecule has 0 N–H and O–H groups in total. The van der Waals surface area contributed by atoms with Crippen molar-refractivity contribution in [1.29, 1.82) is 0 Å². The molecule has 72 valence electrons. The van der Waals surface area contributed by atoms with Crippen LogP contribution in [0.2, 0.25) is 0 Å². The van der Waals surface area contributed by atoms with Crippen molar-refractivity contribution >= 4 is 23.2 Å². The van der Waals surface area contributed by atoms with E-state index in [0.717, 1.165) is 12.8 Å². The summed E-state index contributed by atoms with van der Waals surface area (Å²) in [6.07, 6.45) is 1.89. The summed E-state index contributed by atoms with van der Waals surface area (Å²) in [5.74, 6) is 1.37. The van der Waals surface area contributed by atoms with Gasteiger partial charge in [0.15, 0.2) is 0 Å². The van der Waals surface area contributed by atoms with E-state index in [2.05, 4.69) is 25.1 Å². The molecular weight excluding hydrogens is 203 g/mol. The van der Waals surface area contributed by atoms with Crippen molar-refractivity contribution in [3.63, 3.8) is 0 Å². The summed E-state index contributed by atoms with van der Waals surface area (Å²) in [5, 5.41) is 0. The molecule has 0 saturated carbocycles. The molecule has 0 fully saturated rings. The van der Waals surface area contributed by atoms with E-state index in [0.29, 0.717) is 11.8 Å². The Labute approximate surface area is 89.9 Å². The topological polar surface area (TPSA) is 0 Å². The molecule has 0 bridgehead atoms. The van der Waals surface area contributed by atoms with Gasteiger partial charge in [-0.25, -0.2) is 0 Å². The molecule has 0 heterocycles. The van der Waals surface area contributed by atoms with Gasteiger partial charge in [0, 0.05) is 11.8 Å². The second-order valence-electron chi connectivity index (χ2n) is 3.20. The number of benzene rings is 1. The van der Waals surface area contributed by atoms with E-state index in [1.165, 1.54) is 16.7 Å². The third-order valence-corrected chi connectivity index (χ3v) is 2.34. The second-order valence-corrected chi connectivity index (χ2v) is 3.96. The second kappa shape index (κ2) is 5.51. The van der Waals surface area contributed by atoms with Gasteiger partial charge in [-0.05, 0) is 30.9 Å². The van der Waals surface area contributed by atoms with Gasteiger partial charge in [-0.1, -0.05) is 23.8 Å². The maximum atomic E-state index is 5.69. The number of hydrogen-bond acceptors (Lipinski definition) is 0. The first-order valence-electron chi connectivity index (χ1n) is 4.47. The van der Waals surface area contributed by atoms with Gasteiger partial charge in [-0.3, -0.25) is 0 Å². The van der Waals surface area contributed by atoms with Gasteiger partial charge in [-0.2, -0.15) is 0 Å². The van der Waals surface area contributed by atoms with Crippen molar-refractivity contribution in [2.75, 3.05) is 11.8 Å². The van der Waals surface area contributed by atoms with E-state index in [1.54, 1.807) is 0 Å². The van der Waals surface area contributed by atoms with Gasteiger partial charge in [0.25, 0.3) is 0 Å². The third-order valence-electron chi connectivity index (χ3n) is 1.96. The Morgan fingerprint density at radius 1 is 0.923 bits per heavy atom. The molecule has 0 nitrogen and oxygen atoms in total. The highest BCUT2D eigenvalue weighted by atomic mass is 35.5. The van der Waals surface area contributed by atoms with Crippen LogP contribution in [0.3, 0.4) is 0 Å². The molecule has 1 aromatic rings. The summed E-state index contributed by atoms with van der Waals surface area (Å²) in [5.41, 5.74) is 3.92. The lowest BCUT2D eigenvalue weighted by Crippen LogP contribution is -1.93. The molecular formula is C11H14Cl2. The first kappa shape index (κ1) is 10.9. The van der Waals surface area contributed by atoms with E-state index < -0.39 is 0 Å². The van der Waals surface area contributed by atoms with E-state index in [1.807, 2.05) is 0 Å². The van der Waals surface area contributed by atoms with Crippen LogP contribution in [0, 0.1) is 6.92 Å². The molecule has 0 amide bonds. The zero-order chi connectivity index (χ0) is 9.68. The number of hydrogen-bond donors (Lipinski definition) is 0. The van der Waals surface area contributed by atoms with Crippen LogP contribution >= 0.6 is 23.2 Å². The Kier molecular flexibility index (Phi) is 4.61. The molecule has 0 saturated heterocycles. The average molecular weight is 217 g/mol. The molecule has 1 rings (SSSR count). The van der Waals surface area contributed by atoms with Crippen LogP contribution in [0.1, 0.15) is 16.7 Å². The Hall–Kier alpha value is -0.200. The Morgan fingerprint density at radius 2 is 1.38 bits per heavy atom. The van der Waals surface area contributed by atoms with Crippen molar-refractivity contribution < 1.29 is 0 Å². The number of rotatable bonds is 4. The number of halogens is 2. The lowest BCUT2D eigenvalue weighted by atomic mass is 10.0. The van der Waals surface area contributed by atoms with Crippen molar-refractivity contribution in [2.24, 2.45) is 0 Å². The Bertz CT molecular complexity index is 245. The highest BCUT2D eigenvalue weighted by molar-refractivity contribution is 6.18. The van der Waals surface area contributed by atoms with Crippen molar-refractivity contribution in [1.82, 2.24) is 0 Å². The zero-order valence-electron chi connectivity index (χ0n) is 7.82. The fourth-order valence-electron chi connectivity index (χ4n) is 1.45. The minimum Gasteiger partial charge on any atom is -0.126 e. The van der Waals surface area contributed by atoms with Crippen LogP contribution in [0.25, 0.3) is 0 Å². The van der Waals surface area contributed by atoms with Gasteiger partial charge < -0.3 is 0 Å². The van der Waals surface area contributed by atoms with E-state index >= 15 is 0 Å². The van der Waals surface area contributed by atoms with Crippen LogP contribution in [-0.2, 0) is 12.8 Å². The molecule has 1 aromatic carbocycles. The van der Waals surface area contributed by atoms with E-state index in [4.69, 9.17) is 23.2 Å². The minimum absolute atomic E-state index is 0.684. The first-order chi connectivity index (χ1) is 6.26. The van der Waals surface area contributed by atoms with Crippen LogP contribution in [0.5, 0.6) is 0 Å². The molecule has 0 aromatic heterocycles. The fraction of sp³-hybridized carbons (Fsp3) is 0.455. The van der Waals surface area contributed by atoms with E-state index in [9.17, 15) is 0 Å². The SMILES string of the molecule is Cc1cc(CCCl)cc(CCCl)c1. The van der Waals surface area contributed by atoms with Crippen LogP contribution in [0.4, 0.5) is 0 Å². The van der Waals surface area contributed by atoms with Crippen molar-refractivity contribution in [3.8, 4) is 0 Å². The lowest BCUT2D eigenvalue weighted by molar-refractivity contribution is 1.08. The van der Waals surface area contributed by atoms with Crippen LogP contribution in [0.15, 0.2) is 18.2 Å². The highest BCUT2D eigenvalue weighted by Crippen LogP contribution is 2.12. The van der Waals surface area contributed by atoms with Crippen molar-refractivity contribution in [3.05, 3.63) is 34.9 Å². The Morgan fingerprint density at radius 3 is 1.77 bits per heavy atom. The molecule has 0 aliphatic heterocycles. The van der Waals surface area contributed by atoms with Gasteiger partial charge >= 0.3 is 0 Å². The number of alkyl halides is 2. The molecule has 2 heteroatoms. The van der Waals surface area contributed by atoms with Crippen LogP contribution < -0.4 is 0 Å². The quantitative estimate of drug-likeness (QED) is 0.676. The van der Waals surface area contributed by atoms with E-state index in [-0.39, 0.29) is 0 Å². The molecule has 0 unspecified atom stereocenters. The van der Waals surface area contributed by atoms with Gasteiger partial charge in [0.1, 0.15) is 0 Å². The summed E-state index contributed by atoms with van der Waals surface area (Å²) in [6, 6.07) is 6.55.